The highest BCUT2D eigenvalue weighted by Crippen LogP contribution is 2.44. The number of benzene rings is 1. The van der Waals surface area contributed by atoms with Crippen LogP contribution in [0, 0.1) is 16.9 Å². The Bertz CT molecular complexity index is 893. The molecule has 2 bridgehead atoms. The molecule has 7 heteroatoms. The fourth-order valence-corrected chi connectivity index (χ4v) is 4.59. The first-order valence-corrected chi connectivity index (χ1v) is 9.33. The lowest BCUT2D eigenvalue weighted by Gasteiger charge is -2.58. The number of aliphatic imine (C=N–C) groups is 1. The van der Waals surface area contributed by atoms with E-state index >= 15 is 0 Å². The minimum atomic E-state index is -0.463. The van der Waals surface area contributed by atoms with E-state index in [0.29, 0.717) is 43.9 Å². The van der Waals surface area contributed by atoms with Crippen molar-refractivity contribution in [2.24, 2.45) is 10.9 Å². The number of quaternary nitrogens is 1. The van der Waals surface area contributed by atoms with Crippen molar-refractivity contribution in [3.05, 3.63) is 53.6 Å². The van der Waals surface area contributed by atoms with Crippen molar-refractivity contribution < 1.29 is 13.8 Å². The predicted octanol–water partition coefficient (Wildman–Crippen LogP) is 3.16. The first-order chi connectivity index (χ1) is 13.0. The minimum absolute atomic E-state index is 0.155. The van der Waals surface area contributed by atoms with E-state index in [4.69, 9.17) is 4.74 Å². The quantitative estimate of drug-likeness (QED) is 0.653. The fraction of sp³-hybridized carbons (Fsp3) is 0.400. The average Bonchev–Trinajstić information content (AvgIpc) is 3.04. The van der Waals surface area contributed by atoms with Crippen molar-refractivity contribution in [1.29, 1.82) is 0 Å². The summed E-state index contributed by atoms with van der Waals surface area (Å²) in [7, 11) is 0. The number of hydroxylamine groups is 3. The van der Waals surface area contributed by atoms with E-state index in [1.54, 1.807) is 18.3 Å². The number of pyridine rings is 1. The molecule has 0 aliphatic carbocycles. The van der Waals surface area contributed by atoms with Gasteiger partial charge in [-0.25, -0.2) is 14.4 Å². The Hall–Kier alpha value is -2.51. The van der Waals surface area contributed by atoms with Crippen LogP contribution in [0.3, 0.4) is 0 Å². The molecule has 0 unspecified atom stereocenters. The van der Waals surface area contributed by atoms with Crippen LogP contribution in [0.1, 0.15) is 12.8 Å². The molecule has 5 heterocycles. The average molecular weight is 368 g/mol. The number of fused-ring (bicyclic) bond motifs is 2. The van der Waals surface area contributed by atoms with Crippen molar-refractivity contribution in [3.8, 4) is 11.1 Å². The molecular weight excluding hydrogens is 347 g/mol. The molecule has 1 spiro atoms. The number of aromatic nitrogens is 1. The van der Waals surface area contributed by atoms with Gasteiger partial charge in [-0.3, -0.25) is 5.32 Å². The highest BCUT2D eigenvalue weighted by atomic mass is 19.1. The molecule has 0 amide bonds. The molecule has 1 N–H and O–H groups in total. The Balaban J connectivity index is 1.32. The van der Waals surface area contributed by atoms with Crippen LogP contribution >= 0.6 is 0 Å². The van der Waals surface area contributed by atoms with Crippen LogP contribution in [-0.2, 0) is 4.74 Å². The maximum atomic E-state index is 13.1. The van der Waals surface area contributed by atoms with Gasteiger partial charge in [0.15, 0.2) is 5.60 Å². The SMILES string of the molecule is [O-][N+]12CCC(CC1)[C@]1(CN=C(Nc3cc(-c4ccc(F)cc4)ccn3)O1)C2. The Labute approximate surface area is 156 Å². The van der Waals surface area contributed by atoms with E-state index in [-0.39, 0.29) is 10.5 Å². The smallest absolute Gasteiger partial charge is 0.291 e. The summed E-state index contributed by atoms with van der Waals surface area (Å²) >= 11 is 0. The van der Waals surface area contributed by atoms with Crippen molar-refractivity contribution >= 4 is 11.8 Å². The van der Waals surface area contributed by atoms with Crippen LogP contribution in [0.15, 0.2) is 47.6 Å². The highest BCUT2D eigenvalue weighted by Gasteiger charge is 2.56. The summed E-state index contributed by atoms with van der Waals surface area (Å²) < 4.78 is 19.2. The predicted molar refractivity (Wildman–Crippen MR) is 100 cm³/mol. The molecule has 1 aromatic carbocycles. The topological polar surface area (TPSA) is 69.6 Å². The van der Waals surface area contributed by atoms with Crippen molar-refractivity contribution in [2.45, 2.75) is 18.4 Å². The van der Waals surface area contributed by atoms with Crippen LogP contribution < -0.4 is 5.32 Å². The summed E-state index contributed by atoms with van der Waals surface area (Å²) in [5.41, 5.74) is 1.37. The van der Waals surface area contributed by atoms with E-state index in [0.717, 1.165) is 24.0 Å². The number of ether oxygens (including phenoxy) is 1. The lowest BCUT2D eigenvalue weighted by atomic mass is 9.75. The van der Waals surface area contributed by atoms with Gasteiger partial charge in [-0.1, -0.05) is 12.1 Å². The largest absolute Gasteiger partial charge is 0.633 e. The molecule has 0 saturated carbocycles. The van der Waals surface area contributed by atoms with Crippen LogP contribution in [0.25, 0.3) is 11.1 Å². The van der Waals surface area contributed by atoms with Crippen LogP contribution in [0.2, 0.25) is 0 Å². The molecule has 3 saturated heterocycles. The minimum Gasteiger partial charge on any atom is -0.633 e. The maximum absolute atomic E-state index is 13.1. The van der Waals surface area contributed by atoms with E-state index in [1.165, 1.54) is 12.1 Å². The molecule has 3 fully saturated rings. The molecule has 1 aromatic heterocycles. The number of hydrogen-bond donors (Lipinski definition) is 1. The Morgan fingerprint density at radius 1 is 1.15 bits per heavy atom. The van der Waals surface area contributed by atoms with Crippen LogP contribution in [-0.4, -0.2) is 47.4 Å². The second-order valence-corrected chi connectivity index (χ2v) is 7.79. The second kappa shape index (κ2) is 6.00. The van der Waals surface area contributed by atoms with Gasteiger partial charge < -0.3 is 14.6 Å². The van der Waals surface area contributed by atoms with E-state index < -0.39 is 5.60 Å². The van der Waals surface area contributed by atoms with Gasteiger partial charge in [0.1, 0.15) is 18.2 Å². The normalized spacial score (nSPS) is 31.6. The number of piperidine rings is 3. The third kappa shape index (κ3) is 2.96. The van der Waals surface area contributed by atoms with Crippen LogP contribution in [0.5, 0.6) is 0 Å². The van der Waals surface area contributed by atoms with Gasteiger partial charge in [0.25, 0.3) is 6.02 Å². The number of hydrogen-bond acceptors (Lipinski definition) is 5. The zero-order chi connectivity index (χ0) is 18.5. The van der Waals surface area contributed by atoms with Gasteiger partial charge >= 0.3 is 0 Å². The number of halogens is 1. The number of nitrogens with one attached hydrogen (secondary N) is 1. The molecule has 4 aliphatic heterocycles. The van der Waals surface area contributed by atoms with Gasteiger partial charge in [0, 0.05) is 25.0 Å². The number of rotatable bonds is 2. The second-order valence-electron chi connectivity index (χ2n) is 7.79. The molecule has 2 aromatic rings. The Morgan fingerprint density at radius 3 is 2.67 bits per heavy atom. The molecule has 4 aliphatic rings. The van der Waals surface area contributed by atoms with Gasteiger partial charge in [0.2, 0.25) is 0 Å². The third-order valence-electron chi connectivity index (χ3n) is 6.03. The maximum Gasteiger partial charge on any atom is 0.291 e. The van der Waals surface area contributed by atoms with E-state index in [9.17, 15) is 9.60 Å². The summed E-state index contributed by atoms with van der Waals surface area (Å²) in [6.07, 6.45) is 3.51. The summed E-state index contributed by atoms with van der Waals surface area (Å²) in [6, 6.07) is 10.5. The van der Waals surface area contributed by atoms with Crippen molar-refractivity contribution in [3.63, 3.8) is 0 Å². The Kier molecular flexibility index (Phi) is 3.70. The number of anilines is 1. The Morgan fingerprint density at radius 2 is 1.93 bits per heavy atom. The third-order valence-corrected chi connectivity index (χ3v) is 6.03. The van der Waals surface area contributed by atoms with Crippen LogP contribution in [0.4, 0.5) is 10.2 Å². The molecule has 140 valence electrons. The summed E-state index contributed by atoms with van der Waals surface area (Å²) in [5, 5.41) is 15.9. The van der Waals surface area contributed by atoms with Gasteiger partial charge in [-0.05, 0) is 35.4 Å². The standard InChI is InChI=1S/C20H21FN4O2/c21-17-3-1-14(2-4-17)15-5-8-22-18(11-15)24-19-23-12-20(27-19)13-25(26)9-6-16(20)7-10-25/h1-5,8,11,16H,6-7,9-10,12-13H2,(H,22,23,24)/t16?,20-,25?/m0/s1. The molecule has 1 atom stereocenters. The van der Waals surface area contributed by atoms with E-state index in [2.05, 4.69) is 15.3 Å². The lowest BCUT2D eigenvalue weighted by Crippen LogP contribution is -2.67. The highest BCUT2D eigenvalue weighted by molar-refractivity contribution is 5.90. The zero-order valence-electron chi connectivity index (χ0n) is 14.9. The van der Waals surface area contributed by atoms with Crippen molar-refractivity contribution in [1.82, 2.24) is 4.98 Å². The molecule has 27 heavy (non-hydrogen) atoms. The summed E-state index contributed by atoms with van der Waals surface area (Å²) in [5.74, 6) is 0.745. The molecule has 6 nitrogen and oxygen atoms in total. The first kappa shape index (κ1) is 16.6. The molecule has 0 radical (unpaired) electrons. The van der Waals surface area contributed by atoms with Gasteiger partial charge in [-0.15, -0.1) is 0 Å². The first-order valence-electron chi connectivity index (χ1n) is 9.33. The summed E-state index contributed by atoms with van der Waals surface area (Å²) in [4.78, 5) is 8.85. The monoisotopic (exact) mass is 368 g/mol. The fourth-order valence-electron chi connectivity index (χ4n) is 4.59. The molecular formula is C20H21FN4O2. The number of nitrogens with zero attached hydrogens (tertiary/aromatic N) is 3. The van der Waals surface area contributed by atoms with E-state index in [1.807, 2.05) is 12.1 Å². The summed E-state index contributed by atoms with van der Waals surface area (Å²) in [6.45, 7) is 2.40. The zero-order valence-corrected chi connectivity index (χ0v) is 14.9. The number of amidine groups is 1. The van der Waals surface area contributed by atoms with Crippen molar-refractivity contribution in [2.75, 3.05) is 31.5 Å². The molecule has 6 rings (SSSR count). The van der Waals surface area contributed by atoms with Gasteiger partial charge in [0.05, 0.1) is 19.6 Å². The van der Waals surface area contributed by atoms with Gasteiger partial charge in [-0.2, -0.15) is 0 Å². The lowest BCUT2D eigenvalue weighted by molar-refractivity contribution is -0.905.